The monoisotopic (exact) mass is 508 g/mol. The summed E-state index contributed by atoms with van der Waals surface area (Å²) in [7, 11) is 0. The molecular formula is C26H21F5O5. The maximum absolute atomic E-state index is 13.5. The lowest BCUT2D eigenvalue weighted by molar-refractivity contribution is 0.0537. The highest BCUT2D eigenvalue weighted by Crippen LogP contribution is 2.23. The molecule has 0 spiro atoms. The van der Waals surface area contributed by atoms with E-state index in [1.54, 1.807) is 24.3 Å². The van der Waals surface area contributed by atoms with Crippen LogP contribution in [0.25, 0.3) is 0 Å². The first-order valence-corrected chi connectivity index (χ1v) is 10.8. The van der Waals surface area contributed by atoms with E-state index in [2.05, 4.69) is 35.3 Å². The van der Waals surface area contributed by atoms with Crippen LogP contribution in [0.5, 0.6) is 5.75 Å². The van der Waals surface area contributed by atoms with Gasteiger partial charge in [0.2, 0.25) is 5.82 Å². The van der Waals surface area contributed by atoms with E-state index in [4.69, 9.17) is 9.47 Å². The minimum absolute atomic E-state index is 0.293. The first kappa shape index (κ1) is 28.2. The molecule has 0 saturated heterocycles. The van der Waals surface area contributed by atoms with Crippen molar-refractivity contribution in [2.24, 2.45) is 0 Å². The molecule has 0 aliphatic rings. The molecule has 0 aliphatic carbocycles. The Morgan fingerprint density at radius 2 is 1.25 bits per heavy atom. The molecule has 10 heteroatoms. The lowest BCUT2D eigenvalue weighted by Crippen LogP contribution is -2.15. The molecule has 0 radical (unpaired) electrons. The van der Waals surface area contributed by atoms with E-state index >= 15 is 0 Å². The van der Waals surface area contributed by atoms with Crippen LogP contribution < -0.4 is 4.74 Å². The fourth-order valence-corrected chi connectivity index (χ4v) is 2.71. The van der Waals surface area contributed by atoms with Gasteiger partial charge in [0.05, 0.1) is 12.2 Å². The Balaban J connectivity index is 1.76. The minimum Gasteiger partial charge on any atom is -0.494 e. The molecule has 2 aromatic rings. The van der Waals surface area contributed by atoms with Gasteiger partial charge in [-0.25, -0.2) is 31.5 Å². The Morgan fingerprint density at radius 3 is 1.81 bits per heavy atom. The van der Waals surface area contributed by atoms with Crippen LogP contribution in [0.4, 0.5) is 22.0 Å². The zero-order chi connectivity index (χ0) is 26.5. The van der Waals surface area contributed by atoms with E-state index in [9.17, 15) is 31.5 Å². The van der Waals surface area contributed by atoms with E-state index in [0.29, 0.717) is 17.9 Å². The summed E-state index contributed by atoms with van der Waals surface area (Å²) in [6.07, 6.45) is 4.34. The van der Waals surface area contributed by atoms with Crippen LogP contribution in [0, 0.1) is 52.8 Å². The molecule has 0 heterocycles. The number of carbonyl (C=O) groups excluding carboxylic acids is 2. The molecule has 0 amide bonds. The van der Waals surface area contributed by atoms with Crippen LogP contribution in [0.2, 0.25) is 0 Å². The maximum Gasteiger partial charge on any atom is 0.345 e. The van der Waals surface area contributed by atoms with Crippen molar-refractivity contribution in [1.82, 2.24) is 0 Å². The molecular weight excluding hydrogens is 487 g/mol. The third-order valence-electron chi connectivity index (χ3n) is 4.56. The average molecular weight is 508 g/mol. The van der Waals surface area contributed by atoms with E-state index in [-0.39, 0.29) is 6.61 Å². The molecule has 2 aromatic carbocycles. The Labute approximate surface area is 204 Å². The number of esters is 2. The predicted molar refractivity (Wildman–Crippen MR) is 118 cm³/mol. The molecule has 2 rings (SSSR count). The highest BCUT2D eigenvalue weighted by atomic mass is 19.2. The number of ether oxygens (including phenoxy) is 3. The van der Waals surface area contributed by atoms with E-state index in [0.717, 1.165) is 25.7 Å². The van der Waals surface area contributed by atoms with Gasteiger partial charge in [0.15, 0.2) is 36.5 Å². The fraction of sp³-hybridized carbons (Fsp3) is 0.308. The SMILES string of the molecule is CCCCCCOc1ccc(C(=O)OCC#CC#CCOC(=O)c2c(F)c(F)c(F)c(F)c2F)cc1. The Morgan fingerprint density at radius 1 is 0.722 bits per heavy atom. The van der Waals surface area contributed by atoms with Crippen molar-refractivity contribution in [3.05, 3.63) is 64.5 Å². The molecule has 0 fully saturated rings. The Kier molecular flexibility index (Phi) is 11.3. The van der Waals surface area contributed by atoms with Crippen LogP contribution in [-0.2, 0) is 9.47 Å². The summed E-state index contributed by atoms with van der Waals surface area (Å²) in [5, 5.41) is 0. The summed E-state index contributed by atoms with van der Waals surface area (Å²) < 4.78 is 81.3. The average Bonchev–Trinajstić information content (AvgIpc) is 2.88. The summed E-state index contributed by atoms with van der Waals surface area (Å²) in [4.78, 5) is 23.6. The lowest BCUT2D eigenvalue weighted by Gasteiger charge is -2.06. The highest BCUT2D eigenvalue weighted by Gasteiger charge is 2.30. The third-order valence-corrected chi connectivity index (χ3v) is 4.56. The zero-order valence-electron chi connectivity index (χ0n) is 19.2. The van der Waals surface area contributed by atoms with Gasteiger partial charge >= 0.3 is 11.9 Å². The van der Waals surface area contributed by atoms with Crippen molar-refractivity contribution < 1.29 is 45.8 Å². The number of halogens is 5. The van der Waals surface area contributed by atoms with Crippen LogP contribution in [0.15, 0.2) is 24.3 Å². The molecule has 0 aliphatic heterocycles. The number of rotatable bonds is 10. The number of carbonyl (C=O) groups is 2. The van der Waals surface area contributed by atoms with Crippen molar-refractivity contribution in [3.8, 4) is 29.4 Å². The van der Waals surface area contributed by atoms with Crippen molar-refractivity contribution in [2.75, 3.05) is 19.8 Å². The number of benzene rings is 2. The van der Waals surface area contributed by atoms with Gasteiger partial charge < -0.3 is 14.2 Å². The number of hydrogen-bond acceptors (Lipinski definition) is 5. The predicted octanol–water partition coefficient (Wildman–Crippen LogP) is 5.36. The number of unbranched alkanes of at least 4 members (excludes halogenated alkanes) is 3. The Bertz CT molecular complexity index is 1170. The highest BCUT2D eigenvalue weighted by molar-refractivity contribution is 5.90. The molecule has 36 heavy (non-hydrogen) atoms. The standard InChI is InChI=1S/C26H21F5O5/c1-2-3-4-7-14-34-18-12-10-17(11-13-18)25(32)35-15-8-5-6-9-16-36-26(33)19-20(27)22(29)24(31)23(30)21(19)28/h10-13H,2-4,7,14-16H2,1H3. The maximum atomic E-state index is 13.5. The summed E-state index contributed by atoms with van der Waals surface area (Å²) in [5.41, 5.74) is -1.43. The second-order valence-corrected chi connectivity index (χ2v) is 7.13. The second kappa shape index (κ2) is 14.4. The quantitative estimate of drug-likeness (QED) is 0.108. The van der Waals surface area contributed by atoms with Crippen LogP contribution in [0.3, 0.4) is 0 Å². The molecule has 0 N–H and O–H groups in total. The van der Waals surface area contributed by atoms with Gasteiger partial charge in [0, 0.05) is 0 Å². The van der Waals surface area contributed by atoms with Gasteiger partial charge in [-0.05, 0) is 54.4 Å². The van der Waals surface area contributed by atoms with Crippen molar-refractivity contribution in [1.29, 1.82) is 0 Å². The van der Waals surface area contributed by atoms with Crippen molar-refractivity contribution >= 4 is 11.9 Å². The molecule has 0 unspecified atom stereocenters. The van der Waals surface area contributed by atoms with Crippen molar-refractivity contribution in [2.45, 2.75) is 32.6 Å². The summed E-state index contributed by atoms with van der Waals surface area (Å²) in [6, 6.07) is 6.41. The van der Waals surface area contributed by atoms with Gasteiger partial charge in [-0.2, -0.15) is 0 Å². The summed E-state index contributed by atoms with van der Waals surface area (Å²) in [6.45, 7) is 1.68. The van der Waals surface area contributed by atoms with E-state index < -0.39 is 53.2 Å². The normalized spacial score (nSPS) is 9.94. The molecule has 5 nitrogen and oxygen atoms in total. The second-order valence-electron chi connectivity index (χ2n) is 7.13. The molecule has 190 valence electrons. The first-order valence-electron chi connectivity index (χ1n) is 10.8. The van der Waals surface area contributed by atoms with E-state index in [1.807, 2.05) is 0 Å². The first-order chi connectivity index (χ1) is 17.3. The van der Waals surface area contributed by atoms with Gasteiger partial charge in [-0.15, -0.1) is 0 Å². The zero-order valence-corrected chi connectivity index (χ0v) is 19.2. The fourth-order valence-electron chi connectivity index (χ4n) is 2.71. The van der Waals surface area contributed by atoms with Crippen molar-refractivity contribution in [3.63, 3.8) is 0 Å². The Hall–Kier alpha value is -4.05. The van der Waals surface area contributed by atoms with Gasteiger partial charge in [0.25, 0.3) is 0 Å². The van der Waals surface area contributed by atoms with Crippen LogP contribution in [-0.4, -0.2) is 31.8 Å². The van der Waals surface area contributed by atoms with Gasteiger partial charge in [0.1, 0.15) is 11.3 Å². The minimum atomic E-state index is -2.39. The van der Waals surface area contributed by atoms with Gasteiger partial charge in [-0.1, -0.05) is 26.2 Å². The smallest absolute Gasteiger partial charge is 0.345 e. The van der Waals surface area contributed by atoms with Gasteiger partial charge in [-0.3, -0.25) is 0 Å². The largest absolute Gasteiger partial charge is 0.494 e. The molecule has 0 atom stereocenters. The third kappa shape index (κ3) is 8.02. The molecule has 0 bridgehead atoms. The van der Waals surface area contributed by atoms with E-state index in [1.165, 1.54) is 0 Å². The molecule has 0 saturated carbocycles. The van der Waals surface area contributed by atoms with Crippen LogP contribution in [0.1, 0.15) is 53.3 Å². The van der Waals surface area contributed by atoms with Crippen LogP contribution >= 0.6 is 0 Å². The lowest BCUT2D eigenvalue weighted by atomic mass is 10.1. The topological polar surface area (TPSA) is 61.8 Å². The number of hydrogen-bond donors (Lipinski definition) is 0. The summed E-state index contributed by atoms with van der Waals surface area (Å²) in [5.74, 6) is -4.22. The summed E-state index contributed by atoms with van der Waals surface area (Å²) >= 11 is 0. The molecule has 0 aromatic heterocycles.